The van der Waals surface area contributed by atoms with Crippen LogP contribution in [0.4, 0.5) is 0 Å². The summed E-state index contributed by atoms with van der Waals surface area (Å²) >= 11 is 0. The van der Waals surface area contributed by atoms with E-state index >= 15 is 0 Å². The van der Waals surface area contributed by atoms with Gasteiger partial charge in [0.2, 0.25) is 0 Å². The smallest absolute Gasteiger partial charge is 0.171 e. The number of fused-ring (bicyclic) bond motifs is 3. The lowest BCUT2D eigenvalue weighted by molar-refractivity contribution is 0.431. The van der Waals surface area contributed by atoms with Crippen molar-refractivity contribution in [3.8, 4) is 22.6 Å². The van der Waals surface area contributed by atoms with Crippen LogP contribution in [0.3, 0.4) is 0 Å². The Bertz CT molecular complexity index is 1030. The number of hydrogen-bond donors (Lipinski definition) is 0. The fraction of sp³-hybridized carbons (Fsp3) is 0.174. The molecular formula is C23H20N2O. The molecule has 4 aromatic rings. The highest BCUT2D eigenvalue weighted by atomic mass is 16.5. The zero-order valence-corrected chi connectivity index (χ0v) is 14.6. The molecule has 0 amide bonds. The van der Waals surface area contributed by atoms with Gasteiger partial charge in [0.25, 0.3) is 0 Å². The first-order valence-corrected chi connectivity index (χ1v) is 9.15. The van der Waals surface area contributed by atoms with Crippen LogP contribution in [0.15, 0.2) is 77.6 Å². The third-order valence-corrected chi connectivity index (χ3v) is 5.19. The number of benzene rings is 2. The van der Waals surface area contributed by atoms with Crippen LogP contribution in [0.1, 0.15) is 23.1 Å². The van der Waals surface area contributed by atoms with Gasteiger partial charge in [-0.15, -0.1) is 0 Å². The van der Waals surface area contributed by atoms with E-state index in [9.17, 15) is 0 Å². The average Bonchev–Trinajstić information content (AvgIpc) is 3.24. The van der Waals surface area contributed by atoms with Crippen molar-refractivity contribution in [1.82, 2.24) is 9.72 Å². The van der Waals surface area contributed by atoms with Gasteiger partial charge >= 0.3 is 0 Å². The zero-order valence-electron chi connectivity index (χ0n) is 14.6. The van der Waals surface area contributed by atoms with Gasteiger partial charge in [0.1, 0.15) is 0 Å². The van der Waals surface area contributed by atoms with Crippen LogP contribution >= 0.6 is 0 Å². The van der Waals surface area contributed by atoms with Crippen LogP contribution in [0.25, 0.3) is 22.6 Å². The maximum atomic E-state index is 5.65. The molecule has 2 heterocycles. The number of hydrogen-bond acceptors (Lipinski definition) is 2. The molecule has 26 heavy (non-hydrogen) atoms. The molecule has 3 nitrogen and oxygen atoms in total. The molecule has 0 atom stereocenters. The van der Waals surface area contributed by atoms with E-state index in [4.69, 9.17) is 4.52 Å². The molecule has 0 N–H and O–H groups in total. The third-order valence-electron chi connectivity index (χ3n) is 5.19. The summed E-state index contributed by atoms with van der Waals surface area (Å²) in [5.41, 5.74) is 7.65. The van der Waals surface area contributed by atoms with E-state index < -0.39 is 0 Å². The van der Waals surface area contributed by atoms with Gasteiger partial charge in [-0.3, -0.25) is 0 Å². The summed E-state index contributed by atoms with van der Waals surface area (Å²) < 4.78 is 8.02. The largest absolute Gasteiger partial charge is 0.356 e. The zero-order chi connectivity index (χ0) is 17.3. The summed E-state index contributed by atoms with van der Waals surface area (Å²) in [5, 5.41) is 4.06. The molecule has 0 radical (unpaired) electrons. The second kappa shape index (κ2) is 6.34. The van der Waals surface area contributed by atoms with Gasteiger partial charge in [-0.2, -0.15) is 0 Å². The van der Waals surface area contributed by atoms with Crippen LogP contribution in [-0.4, -0.2) is 9.72 Å². The van der Waals surface area contributed by atoms with Gasteiger partial charge < -0.3 is 9.09 Å². The summed E-state index contributed by atoms with van der Waals surface area (Å²) in [4.78, 5) is 0. The minimum atomic E-state index is 0.849. The van der Waals surface area contributed by atoms with Crippen LogP contribution in [0.5, 0.6) is 0 Å². The molecule has 2 aromatic carbocycles. The average molecular weight is 340 g/mol. The molecule has 3 heteroatoms. The number of rotatable bonds is 3. The van der Waals surface area contributed by atoms with E-state index in [1.807, 2.05) is 6.20 Å². The Morgan fingerprint density at radius 3 is 2.50 bits per heavy atom. The van der Waals surface area contributed by atoms with Gasteiger partial charge in [0.05, 0.1) is 11.9 Å². The second-order valence-electron chi connectivity index (χ2n) is 6.88. The van der Waals surface area contributed by atoms with Crippen molar-refractivity contribution in [2.75, 3.05) is 0 Å². The molecule has 1 aliphatic rings. The first-order chi connectivity index (χ1) is 12.9. The first-order valence-electron chi connectivity index (χ1n) is 9.15. The molecular weight excluding hydrogens is 320 g/mol. The van der Waals surface area contributed by atoms with E-state index in [0.29, 0.717) is 0 Å². The minimum Gasteiger partial charge on any atom is -0.356 e. The monoisotopic (exact) mass is 340 g/mol. The highest BCUT2D eigenvalue weighted by Gasteiger charge is 2.25. The standard InChI is InChI=1S/C23H20N2O/c1-3-8-17(9-4-1)15-25-16-21-20(22(25)18-10-5-2-6-11-18)13-7-12-19-14-24-26-23(19)21/h1-6,8-11,14,16H,7,12-13,15H2. The lowest BCUT2D eigenvalue weighted by Gasteiger charge is -2.12. The third kappa shape index (κ3) is 2.57. The molecule has 0 fully saturated rings. The predicted octanol–water partition coefficient (Wildman–Crippen LogP) is 5.35. The Hall–Kier alpha value is -3.07. The normalized spacial score (nSPS) is 13.1. The molecule has 1 aliphatic carbocycles. The summed E-state index contributed by atoms with van der Waals surface area (Å²) in [7, 11) is 0. The van der Waals surface area contributed by atoms with E-state index in [1.54, 1.807) is 0 Å². The quantitative estimate of drug-likeness (QED) is 0.503. The topological polar surface area (TPSA) is 31.0 Å². The van der Waals surface area contributed by atoms with E-state index in [-0.39, 0.29) is 0 Å². The predicted molar refractivity (Wildman–Crippen MR) is 103 cm³/mol. The maximum Gasteiger partial charge on any atom is 0.171 e. The lowest BCUT2D eigenvalue weighted by atomic mass is 10.0. The van der Waals surface area contributed by atoms with Crippen LogP contribution in [-0.2, 0) is 19.4 Å². The molecule has 0 unspecified atom stereocenters. The Labute approximate surface area is 152 Å². The molecule has 0 spiro atoms. The Morgan fingerprint density at radius 2 is 1.69 bits per heavy atom. The van der Waals surface area contributed by atoms with E-state index in [1.165, 1.54) is 33.5 Å². The molecule has 2 aromatic heterocycles. The summed E-state index contributed by atoms with van der Waals surface area (Å²) in [6.07, 6.45) is 7.34. The maximum absolute atomic E-state index is 5.65. The van der Waals surface area contributed by atoms with Gasteiger partial charge in [0, 0.05) is 23.9 Å². The van der Waals surface area contributed by atoms with Gasteiger partial charge in [-0.25, -0.2) is 0 Å². The van der Waals surface area contributed by atoms with Crippen molar-refractivity contribution in [3.05, 3.63) is 89.7 Å². The van der Waals surface area contributed by atoms with Crippen molar-refractivity contribution in [1.29, 1.82) is 0 Å². The van der Waals surface area contributed by atoms with E-state index in [0.717, 1.165) is 31.6 Å². The molecule has 0 saturated heterocycles. The summed E-state index contributed by atoms with van der Waals surface area (Å²) in [6.45, 7) is 0.849. The van der Waals surface area contributed by atoms with Gasteiger partial charge in [0.15, 0.2) is 5.76 Å². The Kier molecular flexibility index (Phi) is 3.71. The Morgan fingerprint density at radius 1 is 0.923 bits per heavy atom. The van der Waals surface area contributed by atoms with Crippen molar-refractivity contribution < 1.29 is 4.52 Å². The highest BCUT2D eigenvalue weighted by Crippen LogP contribution is 2.39. The minimum absolute atomic E-state index is 0.849. The summed E-state index contributed by atoms with van der Waals surface area (Å²) in [5.74, 6) is 0.946. The highest BCUT2D eigenvalue weighted by molar-refractivity contribution is 5.77. The first kappa shape index (κ1) is 15.2. The van der Waals surface area contributed by atoms with E-state index in [2.05, 4.69) is 76.6 Å². The van der Waals surface area contributed by atoms with Crippen LogP contribution in [0, 0.1) is 0 Å². The number of aryl methyl sites for hydroxylation is 1. The van der Waals surface area contributed by atoms with Crippen molar-refractivity contribution in [2.24, 2.45) is 0 Å². The summed E-state index contributed by atoms with van der Waals surface area (Å²) in [6, 6.07) is 21.3. The van der Waals surface area contributed by atoms with Crippen molar-refractivity contribution >= 4 is 0 Å². The lowest BCUT2D eigenvalue weighted by Crippen LogP contribution is -2.02. The molecule has 0 bridgehead atoms. The van der Waals surface area contributed by atoms with Crippen molar-refractivity contribution in [3.63, 3.8) is 0 Å². The second-order valence-corrected chi connectivity index (χ2v) is 6.88. The van der Waals surface area contributed by atoms with Gasteiger partial charge in [-0.05, 0) is 36.0 Å². The van der Waals surface area contributed by atoms with Crippen LogP contribution < -0.4 is 0 Å². The number of nitrogens with zero attached hydrogens (tertiary/aromatic N) is 2. The Balaban J connectivity index is 1.71. The molecule has 0 aliphatic heterocycles. The van der Waals surface area contributed by atoms with Gasteiger partial charge in [-0.1, -0.05) is 65.8 Å². The van der Waals surface area contributed by atoms with Crippen molar-refractivity contribution in [2.45, 2.75) is 25.8 Å². The molecule has 5 rings (SSSR count). The molecule has 0 saturated carbocycles. The fourth-order valence-electron chi connectivity index (χ4n) is 4.00. The fourth-order valence-corrected chi connectivity index (χ4v) is 4.00. The number of aromatic nitrogens is 2. The molecule has 128 valence electrons. The van der Waals surface area contributed by atoms with Crippen LogP contribution in [0.2, 0.25) is 0 Å². The SMILES string of the molecule is c1ccc(Cn2cc3c(c2-c2ccccc2)CCCc2cnoc2-3)cc1.